The number of carbonyl (C=O) groups excluding carboxylic acids is 2. The van der Waals surface area contributed by atoms with E-state index in [1.807, 2.05) is 6.07 Å². The predicted molar refractivity (Wildman–Crippen MR) is 133 cm³/mol. The number of nitrogens with one attached hydrogen (secondary N) is 1. The molecule has 0 aliphatic carbocycles. The number of rotatable bonds is 6. The van der Waals surface area contributed by atoms with Crippen LogP contribution >= 0.6 is 15.9 Å². The van der Waals surface area contributed by atoms with Gasteiger partial charge in [-0.25, -0.2) is 24.5 Å². The van der Waals surface area contributed by atoms with Crippen LogP contribution in [0.15, 0.2) is 16.9 Å². The lowest BCUT2D eigenvalue weighted by Gasteiger charge is -2.28. The zero-order chi connectivity index (χ0) is 25.0. The van der Waals surface area contributed by atoms with Crippen LogP contribution in [-0.4, -0.2) is 44.4 Å². The highest BCUT2D eigenvalue weighted by molar-refractivity contribution is 9.10. The third kappa shape index (κ3) is 7.80. The molecule has 0 bridgehead atoms. The summed E-state index contributed by atoms with van der Waals surface area (Å²) in [6.45, 7) is 14.5. The van der Waals surface area contributed by atoms with Crippen molar-refractivity contribution in [1.29, 1.82) is 0 Å². The topological polar surface area (TPSA) is 107 Å². The molecule has 2 aromatic heterocycles. The highest BCUT2D eigenvalue weighted by Crippen LogP contribution is 2.31. The predicted octanol–water partition coefficient (Wildman–Crippen LogP) is 6.45. The van der Waals surface area contributed by atoms with Crippen molar-refractivity contribution in [1.82, 2.24) is 15.0 Å². The molecule has 1 atom stereocenters. The van der Waals surface area contributed by atoms with Crippen molar-refractivity contribution in [2.45, 2.75) is 91.9 Å². The quantitative estimate of drug-likeness (QED) is 0.459. The van der Waals surface area contributed by atoms with Crippen LogP contribution in [0.25, 0.3) is 11.0 Å². The van der Waals surface area contributed by atoms with Gasteiger partial charge in [-0.15, -0.1) is 0 Å². The van der Waals surface area contributed by atoms with Crippen molar-refractivity contribution >= 4 is 50.8 Å². The molecule has 182 valence electrons. The van der Waals surface area contributed by atoms with E-state index >= 15 is 0 Å². The molecule has 0 spiro atoms. The third-order valence-corrected chi connectivity index (χ3v) is 4.88. The molecule has 2 rings (SSSR count). The van der Waals surface area contributed by atoms with Gasteiger partial charge < -0.3 is 14.8 Å². The summed E-state index contributed by atoms with van der Waals surface area (Å²) in [7, 11) is 0. The van der Waals surface area contributed by atoms with Gasteiger partial charge in [0, 0.05) is 10.5 Å². The first kappa shape index (κ1) is 26.8. The van der Waals surface area contributed by atoms with Gasteiger partial charge in [0.15, 0.2) is 5.82 Å². The number of carbonyl (C=O) groups is 2. The minimum Gasteiger partial charge on any atom is -0.443 e. The Labute approximate surface area is 203 Å². The summed E-state index contributed by atoms with van der Waals surface area (Å²) in [6.07, 6.45) is 2.60. The second-order valence-electron chi connectivity index (χ2n) is 9.87. The molecule has 33 heavy (non-hydrogen) atoms. The van der Waals surface area contributed by atoms with E-state index in [1.165, 1.54) is 6.33 Å². The Morgan fingerprint density at radius 3 is 2.15 bits per heavy atom. The normalized spacial score (nSPS) is 12.9. The molecule has 0 fully saturated rings. The number of hydrogen-bond acceptors (Lipinski definition) is 8. The van der Waals surface area contributed by atoms with E-state index in [-0.39, 0.29) is 17.4 Å². The summed E-state index contributed by atoms with van der Waals surface area (Å²) in [6, 6.07) is 2.00. The van der Waals surface area contributed by atoms with Crippen LogP contribution in [-0.2, 0) is 9.47 Å². The Morgan fingerprint density at radius 1 is 1.06 bits per heavy atom. The molecule has 0 saturated heterocycles. The summed E-state index contributed by atoms with van der Waals surface area (Å²) in [5.41, 5.74) is -0.969. The number of aromatic nitrogens is 3. The van der Waals surface area contributed by atoms with E-state index in [0.29, 0.717) is 15.8 Å². The fraction of sp³-hybridized carbons (Fsp3) is 0.609. The van der Waals surface area contributed by atoms with Crippen LogP contribution < -0.4 is 10.2 Å². The molecule has 9 nitrogen and oxygen atoms in total. The van der Waals surface area contributed by atoms with Gasteiger partial charge >= 0.3 is 12.2 Å². The monoisotopic (exact) mass is 523 g/mol. The first-order valence-electron chi connectivity index (χ1n) is 11.1. The second kappa shape index (κ2) is 10.6. The van der Waals surface area contributed by atoms with Gasteiger partial charge in [0.1, 0.15) is 34.4 Å². The summed E-state index contributed by atoms with van der Waals surface area (Å²) in [5, 5.41) is 3.36. The summed E-state index contributed by atoms with van der Waals surface area (Å²) >= 11 is 3.52. The largest absolute Gasteiger partial charge is 0.443 e. The highest BCUT2D eigenvalue weighted by Gasteiger charge is 2.35. The van der Waals surface area contributed by atoms with E-state index in [4.69, 9.17) is 9.47 Å². The van der Waals surface area contributed by atoms with E-state index in [9.17, 15) is 9.59 Å². The Balaban J connectivity index is 2.60. The Kier molecular flexibility index (Phi) is 8.62. The number of amides is 2. The van der Waals surface area contributed by atoms with Crippen LogP contribution in [0.4, 0.5) is 21.2 Å². The van der Waals surface area contributed by atoms with Crippen LogP contribution in [0.5, 0.6) is 0 Å². The lowest BCUT2D eigenvalue weighted by atomic mass is 10.1. The highest BCUT2D eigenvalue weighted by atomic mass is 79.9. The van der Waals surface area contributed by atoms with Gasteiger partial charge in [-0.1, -0.05) is 19.8 Å². The van der Waals surface area contributed by atoms with Crippen LogP contribution in [0.3, 0.4) is 0 Å². The first-order chi connectivity index (χ1) is 15.2. The zero-order valence-electron chi connectivity index (χ0n) is 20.7. The molecule has 10 heteroatoms. The van der Waals surface area contributed by atoms with Gasteiger partial charge in [-0.05, 0) is 76.9 Å². The fourth-order valence-corrected chi connectivity index (χ4v) is 3.43. The maximum Gasteiger partial charge on any atom is 0.425 e. The van der Waals surface area contributed by atoms with E-state index < -0.39 is 23.4 Å². The lowest BCUT2D eigenvalue weighted by molar-refractivity contribution is 0.0429. The Hall–Kier alpha value is -2.49. The van der Waals surface area contributed by atoms with Crippen LogP contribution in [0, 0.1) is 0 Å². The average molecular weight is 524 g/mol. The molecule has 0 aliphatic rings. The fourth-order valence-electron chi connectivity index (χ4n) is 2.92. The van der Waals surface area contributed by atoms with E-state index in [1.54, 1.807) is 41.5 Å². The molecular weight excluding hydrogens is 490 g/mol. The molecular formula is C23H34BrN5O4. The maximum atomic E-state index is 13.1. The number of imide groups is 1. The lowest BCUT2D eigenvalue weighted by Crippen LogP contribution is -2.44. The molecule has 2 heterocycles. The smallest absolute Gasteiger partial charge is 0.425 e. The van der Waals surface area contributed by atoms with E-state index in [2.05, 4.69) is 50.0 Å². The van der Waals surface area contributed by atoms with Crippen molar-refractivity contribution < 1.29 is 19.1 Å². The Bertz CT molecular complexity index is 973. The molecule has 0 aromatic carbocycles. The summed E-state index contributed by atoms with van der Waals surface area (Å²) < 4.78 is 11.6. The number of halogens is 1. The number of anilines is 2. The molecule has 0 aliphatic heterocycles. The van der Waals surface area contributed by atoms with Gasteiger partial charge in [0.05, 0.1) is 0 Å². The minimum atomic E-state index is -0.913. The van der Waals surface area contributed by atoms with Gasteiger partial charge in [0.2, 0.25) is 0 Å². The number of hydrogen-bond donors (Lipinski definition) is 1. The van der Waals surface area contributed by atoms with Crippen molar-refractivity contribution in [2.24, 2.45) is 0 Å². The average Bonchev–Trinajstić information content (AvgIpc) is 2.64. The minimum absolute atomic E-state index is 0.0194. The molecule has 0 radical (unpaired) electrons. The number of ether oxygens (including phenoxy) is 2. The summed E-state index contributed by atoms with van der Waals surface area (Å²) in [5.74, 6) is 0.552. The van der Waals surface area contributed by atoms with Crippen molar-refractivity contribution in [2.75, 3.05) is 10.2 Å². The van der Waals surface area contributed by atoms with Crippen molar-refractivity contribution in [3.05, 3.63) is 16.9 Å². The third-order valence-electron chi connectivity index (χ3n) is 4.27. The van der Waals surface area contributed by atoms with Gasteiger partial charge in [-0.3, -0.25) is 0 Å². The Morgan fingerprint density at radius 2 is 1.64 bits per heavy atom. The van der Waals surface area contributed by atoms with Crippen molar-refractivity contribution in [3.8, 4) is 0 Å². The summed E-state index contributed by atoms with van der Waals surface area (Å²) in [4.78, 5) is 40.1. The first-order valence-corrected chi connectivity index (χ1v) is 11.8. The standard InChI is InChI=1S/C23H34BrN5O4/c1-9-10-11-14(2)27-16-12-15(24)17-18(28-16)19(26-13-25-17)29(20(30)32-22(3,4)5)21(31)33-23(6,7)8/h12-14H,9-11H2,1-8H3,(H,27,28). The number of pyridine rings is 1. The van der Waals surface area contributed by atoms with E-state index in [0.717, 1.165) is 24.2 Å². The molecule has 0 saturated carbocycles. The van der Waals surface area contributed by atoms with Crippen LogP contribution in [0.2, 0.25) is 0 Å². The molecule has 2 amide bonds. The van der Waals surface area contributed by atoms with Gasteiger partial charge in [0.25, 0.3) is 0 Å². The molecule has 1 N–H and O–H groups in total. The molecule has 1 unspecified atom stereocenters. The zero-order valence-corrected chi connectivity index (χ0v) is 22.2. The molecule has 2 aromatic rings. The SMILES string of the molecule is CCCCC(C)Nc1cc(Br)c2ncnc(N(C(=O)OC(C)(C)C)C(=O)OC(C)(C)C)c2n1. The van der Waals surface area contributed by atoms with Crippen LogP contribution in [0.1, 0.15) is 74.7 Å². The second-order valence-corrected chi connectivity index (χ2v) is 10.7. The number of unbranched alkanes of at least 4 members (excludes halogenated alkanes) is 1. The van der Waals surface area contributed by atoms with Gasteiger partial charge in [-0.2, -0.15) is 4.90 Å². The maximum absolute atomic E-state index is 13.1. The van der Waals surface area contributed by atoms with Crippen molar-refractivity contribution in [3.63, 3.8) is 0 Å². The number of fused-ring (bicyclic) bond motifs is 1. The number of nitrogens with zero attached hydrogens (tertiary/aromatic N) is 4.